The number of aromatic nitrogens is 3. The van der Waals surface area contributed by atoms with Crippen LogP contribution in [0.3, 0.4) is 0 Å². The highest BCUT2D eigenvalue weighted by Gasteiger charge is 2.36. The molecule has 4 aromatic rings. The van der Waals surface area contributed by atoms with Gasteiger partial charge in [0, 0.05) is 55.0 Å². The molecule has 2 N–H and O–H groups in total. The normalized spacial score (nSPS) is 18.4. The van der Waals surface area contributed by atoms with Crippen molar-refractivity contribution in [3.63, 3.8) is 0 Å². The predicted octanol–water partition coefficient (Wildman–Crippen LogP) is 2.42. The molecule has 0 saturated carbocycles. The van der Waals surface area contributed by atoms with E-state index in [1.807, 2.05) is 24.3 Å². The van der Waals surface area contributed by atoms with Gasteiger partial charge in [-0.2, -0.15) is 5.10 Å². The summed E-state index contributed by atoms with van der Waals surface area (Å²) in [6.07, 6.45) is 2.80. The van der Waals surface area contributed by atoms with Crippen molar-refractivity contribution in [1.82, 2.24) is 30.3 Å². The highest BCUT2D eigenvalue weighted by Crippen LogP contribution is 2.29. The van der Waals surface area contributed by atoms with Crippen LogP contribution in [0.1, 0.15) is 27.0 Å². The van der Waals surface area contributed by atoms with E-state index in [-0.39, 0.29) is 37.1 Å². The number of carbonyl (C=O) groups is 2. The Bertz CT molecular complexity index is 1700. The lowest BCUT2D eigenvalue weighted by molar-refractivity contribution is -0.123. The Balaban J connectivity index is 1.28. The summed E-state index contributed by atoms with van der Waals surface area (Å²) >= 11 is 0. The molecule has 0 spiro atoms. The summed E-state index contributed by atoms with van der Waals surface area (Å²) in [6, 6.07) is 16.1. The molecule has 4 heterocycles. The van der Waals surface area contributed by atoms with Crippen LogP contribution in [0.5, 0.6) is 28.7 Å². The van der Waals surface area contributed by atoms with Gasteiger partial charge in [-0.05, 0) is 42.0 Å². The summed E-state index contributed by atoms with van der Waals surface area (Å²) in [7, 11) is 4.73. The molecule has 1 fully saturated rings. The highest BCUT2D eigenvalue weighted by molar-refractivity contribution is 5.95. The first-order valence-electron chi connectivity index (χ1n) is 14.8. The van der Waals surface area contributed by atoms with Gasteiger partial charge >= 0.3 is 0 Å². The van der Waals surface area contributed by atoms with Gasteiger partial charge in [0.05, 0.1) is 33.9 Å². The topological polar surface area (TPSA) is 138 Å². The molecule has 1 aromatic heterocycles. The molecule has 13 heteroatoms. The van der Waals surface area contributed by atoms with Crippen molar-refractivity contribution in [3.05, 3.63) is 89.5 Å². The molecule has 7 rings (SSSR count). The third-order valence-corrected chi connectivity index (χ3v) is 7.98. The van der Waals surface area contributed by atoms with Crippen LogP contribution in [0.2, 0.25) is 0 Å². The molecule has 0 unspecified atom stereocenters. The van der Waals surface area contributed by atoms with Crippen LogP contribution >= 0.6 is 0 Å². The number of methoxy groups -OCH3 is 3. The van der Waals surface area contributed by atoms with Crippen LogP contribution in [0, 0.1) is 0 Å². The van der Waals surface area contributed by atoms with Crippen molar-refractivity contribution < 1.29 is 33.3 Å². The predicted molar refractivity (Wildman–Crippen MR) is 166 cm³/mol. The van der Waals surface area contributed by atoms with Crippen molar-refractivity contribution >= 4 is 11.8 Å². The van der Waals surface area contributed by atoms with Gasteiger partial charge in [-0.25, -0.2) is 9.67 Å². The number of likely N-dealkylation sites (tertiary alicyclic amines) is 1. The monoisotopic (exact) mass is 628 g/mol. The number of hydrogen-bond donors (Lipinski definition) is 2. The number of nitrogens with one attached hydrogen (secondary N) is 2. The molecule has 0 radical (unpaired) electrons. The molecule has 1 saturated heterocycles. The van der Waals surface area contributed by atoms with E-state index in [1.54, 1.807) is 49.5 Å². The van der Waals surface area contributed by atoms with E-state index >= 15 is 0 Å². The van der Waals surface area contributed by atoms with Crippen molar-refractivity contribution in [3.8, 4) is 28.7 Å². The number of nitrogens with zero attached hydrogens (tertiary/aromatic N) is 4. The van der Waals surface area contributed by atoms with Gasteiger partial charge in [0.2, 0.25) is 0 Å². The number of fused-ring (bicyclic) bond motifs is 7. The van der Waals surface area contributed by atoms with Crippen LogP contribution in [0.25, 0.3) is 0 Å². The zero-order chi connectivity index (χ0) is 32.0. The Morgan fingerprint density at radius 3 is 2.57 bits per heavy atom. The summed E-state index contributed by atoms with van der Waals surface area (Å²) in [5.74, 6) is 2.08. The lowest BCUT2D eigenvalue weighted by Crippen LogP contribution is -2.45. The second-order valence-electron chi connectivity index (χ2n) is 11.1. The van der Waals surface area contributed by atoms with Gasteiger partial charge in [-0.15, -0.1) is 0 Å². The van der Waals surface area contributed by atoms with Crippen molar-refractivity contribution in [1.29, 1.82) is 0 Å². The Labute approximate surface area is 266 Å². The maximum absolute atomic E-state index is 13.6. The third-order valence-electron chi connectivity index (χ3n) is 7.98. The molecule has 4 bridgehead atoms. The molecule has 3 aliphatic heterocycles. The van der Waals surface area contributed by atoms with E-state index in [0.717, 1.165) is 22.4 Å². The number of rotatable bonds is 7. The number of amides is 2. The Morgan fingerprint density at radius 2 is 1.78 bits per heavy atom. The fourth-order valence-corrected chi connectivity index (χ4v) is 5.71. The van der Waals surface area contributed by atoms with Crippen LogP contribution in [0.15, 0.2) is 67.3 Å². The van der Waals surface area contributed by atoms with E-state index in [2.05, 4.69) is 31.7 Å². The van der Waals surface area contributed by atoms with Gasteiger partial charge in [-0.1, -0.05) is 6.07 Å². The summed E-state index contributed by atoms with van der Waals surface area (Å²) in [6.45, 7) is 2.26. The first kappa shape index (κ1) is 30.7. The molecule has 0 aliphatic carbocycles. The maximum atomic E-state index is 13.6. The van der Waals surface area contributed by atoms with Gasteiger partial charge in [0.15, 0.2) is 6.61 Å². The lowest BCUT2D eigenvalue weighted by Gasteiger charge is -2.22. The average molecular weight is 629 g/mol. The van der Waals surface area contributed by atoms with E-state index in [1.165, 1.54) is 13.4 Å². The second kappa shape index (κ2) is 13.8. The summed E-state index contributed by atoms with van der Waals surface area (Å²) < 4.78 is 30.6. The SMILES string of the molecule is COc1cc2cc(c1)C(=O)N[C@H]1CN(Cc3ccc(OC)c(Cn4cncn4)c3)C[C@@H]1Oc1ccc(c(OC)c1)CNC(=O)CO2. The minimum atomic E-state index is -0.371. The van der Waals surface area contributed by atoms with Crippen molar-refractivity contribution in [2.75, 3.05) is 41.0 Å². The largest absolute Gasteiger partial charge is 0.497 e. The van der Waals surface area contributed by atoms with Gasteiger partial charge < -0.3 is 34.3 Å². The number of carbonyl (C=O) groups excluding carboxylic acids is 2. The first-order valence-corrected chi connectivity index (χ1v) is 14.8. The standard InChI is InChI=1S/C33H36N6O7/c1-42-26-9-23-10-27(11-26)45-18-32(40)35-13-22-5-6-25(12-30(22)44-3)46-31-17-38(16-28(31)37-33(23)41)14-21-4-7-29(43-2)24(8-21)15-39-20-34-19-36-39/h4-12,19-20,28,31H,13-18H2,1-3H3,(H,35,40)(H,37,41)/t28-,31-/m0/s1. The number of ether oxygens (including phenoxy) is 5. The van der Waals surface area contributed by atoms with Gasteiger partial charge in [0.1, 0.15) is 47.5 Å². The lowest BCUT2D eigenvalue weighted by atomic mass is 10.1. The fraction of sp³-hybridized carbons (Fsp3) is 0.333. The second-order valence-corrected chi connectivity index (χ2v) is 11.1. The third kappa shape index (κ3) is 7.15. The summed E-state index contributed by atoms with van der Waals surface area (Å²) in [5.41, 5.74) is 3.19. The fourth-order valence-electron chi connectivity index (χ4n) is 5.71. The molecule has 3 aromatic carbocycles. The molecule has 3 aliphatic rings. The van der Waals surface area contributed by atoms with Crippen LogP contribution in [-0.4, -0.2) is 84.7 Å². The molecular weight excluding hydrogens is 592 g/mol. The number of benzene rings is 3. The van der Waals surface area contributed by atoms with Crippen molar-refractivity contribution in [2.24, 2.45) is 0 Å². The zero-order valence-corrected chi connectivity index (χ0v) is 25.9. The highest BCUT2D eigenvalue weighted by atomic mass is 16.5. The van der Waals surface area contributed by atoms with E-state index in [4.69, 9.17) is 23.7 Å². The average Bonchev–Trinajstić information content (AvgIpc) is 3.72. The smallest absolute Gasteiger partial charge is 0.258 e. The molecular formula is C33H36N6O7. The Hall–Kier alpha value is -5.30. The number of hydrogen-bond acceptors (Lipinski definition) is 10. The van der Waals surface area contributed by atoms with E-state index in [9.17, 15) is 9.59 Å². The van der Waals surface area contributed by atoms with E-state index in [0.29, 0.717) is 54.7 Å². The molecule has 2 atom stereocenters. The first-order chi connectivity index (χ1) is 22.4. The van der Waals surface area contributed by atoms with Crippen LogP contribution in [-0.2, 0) is 24.4 Å². The van der Waals surface area contributed by atoms with Crippen LogP contribution < -0.4 is 34.3 Å². The maximum Gasteiger partial charge on any atom is 0.258 e. The van der Waals surface area contributed by atoms with Crippen molar-refractivity contribution in [2.45, 2.75) is 31.8 Å². The Morgan fingerprint density at radius 1 is 0.913 bits per heavy atom. The summed E-state index contributed by atoms with van der Waals surface area (Å²) in [4.78, 5) is 32.5. The van der Waals surface area contributed by atoms with Crippen LogP contribution in [0.4, 0.5) is 0 Å². The molecule has 46 heavy (non-hydrogen) atoms. The molecule has 2 amide bonds. The minimum Gasteiger partial charge on any atom is -0.497 e. The summed E-state index contributed by atoms with van der Waals surface area (Å²) in [5, 5.41) is 10.2. The Kier molecular flexibility index (Phi) is 9.20. The molecule has 240 valence electrons. The quantitative estimate of drug-likeness (QED) is 0.314. The zero-order valence-electron chi connectivity index (χ0n) is 25.9. The van der Waals surface area contributed by atoms with E-state index < -0.39 is 0 Å². The minimum absolute atomic E-state index is 0.233. The van der Waals surface area contributed by atoms with Gasteiger partial charge in [0.25, 0.3) is 11.8 Å². The van der Waals surface area contributed by atoms with Gasteiger partial charge in [-0.3, -0.25) is 14.5 Å². The molecule has 13 nitrogen and oxygen atoms in total.